The fourth-order valence-corrected chi connectivity index (χ4v) is 6.54. The molecule has 2 saturated heterocycles. The molecular weight excluding hydrogens is 600 g/mol. The Hall–Kier alpha value is -4.35. The van der Waals surface area contributed by atoms with Crippen molar-refractivity contribution in [3.63, 3.8) is 0 Å². The van der Waals surface area contributed by atoms with Gasteiger partial charge < -0.3 is 33.9 Å². The van der Waals surface area contributed by atoms with E-state index in [0.717, 1.165) is 11.8 Å². The summed E-state index contributed by atoms with van der Waals surface area (Å²) in [5.41, 5.74) is 0.512. The molecule has 2 aromatic heterocycles. The van der Waals surface area contributed by atoms with Crippen molar-refractivity contribution >= 4 is 34.2 Å². The maximum atomic E-state index is 13.8. The van der Waals surface area contributed by atoms with E-state index in [2.05, 4.69) is 19.8 Å². The van der Waals surface area contributed by atoms with Crippen LogP contribution in [-0.2, 0) is 9.53 Å². The molecule has 0 bridgehead atoms. The van der Waals surface area contributed by atoms with Gasteiger partial charge in [0.15, 0.2) is 5.43 Å². The molecule has 11 nitrogen and oxygen atoms in total. The van der Waals surface area contributed by atoms with Crippen molar-refractivity contribution in [3.8, 4) is 28.8 Å². The molecule has 0 unspecified atom stereocenters. The zero-order valence-electron chi connectivity index (χ0n) is 25.3. The number of fused-ring (bicyclic) bond motifs is 1. The van der Waals surface area contributed by atoms with Crippen LogP contribution in [0.5, 0.6) is 17.5 Å². The molecule has 2 aliphatic heterocycles. The summed E-state index contributed by atoms with van der Waals surface area (Å²) < 4.78 is 17.6. The summed E-state index contributed by atoms with van der Waals surface area (Å²) in [5, 5.41) is 22.2. The van der Waals surface area contributed by atoms with E-state index in [9.17, 15) is 19.8 Å². The van der Waals surface area contributed by atoms with Gasteiger partial charge >= 0.3 is 12.0 Å². The van der Waals surface area contributed by atoms with Crippen LogP contribution in [0.3, 0.4) is 0 Å². The van der Waals surface area contributed by atoms with E-state index in [-0.39, 0.29) is 28.4 Å². The molecule has 4 aromatic rings. The number of anilines is 1. The second kappa shape index (κ2) is 12.2. The van der Waals surface area contributed by atoms with Gasteiger partial charge in [-0.3, -0.25) is 9.59 Å². The standard InChI is InChI=1S/C33H35ClN4O7/c1-33(9-12-38(13-10-33)19-16-35-32(43-3)36-17-19)31(42)45-27-18-37(2)11-8-21(27)28-23(39)14-24(40)29-25(41)15-26(44-30(28)29)20-6-4-5-7-22(20)34/h4-7,14-17,21,27,39-40H,8-13,18H2,1-3H3/t21-,27+/m0/s1. The Morgan fingerprint density at radius 1 is 1.09 bits per heavy atom. The Kier molecular flexibility index (Phi) is 8.32. The van der Waals surface area contributed by atoms with Crippen molar-refractivity contribution in [2.24, 2.45) is 5.41 Å². The van der Waals surface area contributed by atoms with E-state index in [1.165, 1.54) is 13.2 Å². The molecule has 12 heteroatoms. The molecule has 2 fully saturated rings. The zero-order chi connectivity index (χ0) is 31.9. The highest BCUT2D eigenvalue weighted by molar-refractivity contribution is 6.33. The Morgan fingerprint density at radius 3 is 2.49 bits per heavy atom. The van der Waals surface area contributed by atoms with Gasteiger partial charge in [0.1, 0.15) is 34.3 Å². The lowest BCUT2D eigenvalue weighted by Gasteiger charge is -2.41. The summed E-state index contributed by atoms with van der Waals surface area (Å²) in [6.45, 7) is 4.23. The first-order valence-corrected chi connectivity index (χ1v) is 15.2. The third-order valence-corrected chi connectivity index (χ3v) is 9.38. The predicted molar refractivity (Wildman–Crippen MR) is 169 cm³/mol. The van der Waals surface area contributed by atoms with E-state index >= 15 is 0 Å². The van der Waals surface area contributed by atoms with Gasteiger partial charge in [-0.05, 0) is 51.9 Å². The molecule has 0 aliphatic carbocycles. The second-order valence-electron chi connectivity index (χ2n) is 12.1. The fourth-order valence-electron chi connectivity index (χ4n) is 6.31. The number of likely N-dealkylation sites (N-methyl/N-ethyl adjacent to an activating group) is 1. The summed E-state index contributed by atoms with van der Waals surface area (Å²) in [5.74, 6) is -1.25. The molecule has 0 spiro atoms. The maximum absolute atomic E-state index is 13.8. The number of hydrogen-bond donors (Lipinski definition) is 2. The van der Waals surface area contributed by atoms with Gasteiger partial charge in [0.2, 0.25) is 0 Å². The number of carbonyl (C=O) groups excluding carboxylic acids is 1. The number of phenolic OH excluding ortho intramolecular Hbond substituents is 2. The molecule has 0 amide bonds. The molecule has 2 N–H and O–H groups in total. The number of rotatable bonds is 6. The summed E-state index contributed by atoms with van der Waals surface area (Å²) in [4.78, 5) is 39.7. The molecule has 0 saturated carbocycles. The smallest absolute Gasteiger partial charge is 0.316 e. The van der Waals surface area contributed by atoms with Crippen molar-refractivity contribution in [1.29, 1.82) is 0 Å². The Balaban J connectivity index is 1.30. The average molecular weight is 635 g/mol. The molecule has 2 aliphatic rings. The summed E-state index contributed by atoms with van der Waals surface area (Å²) in [7, 11) is 3.46. The number of carbonyl (C=O) groups is 1. The number of aromatic nitrogens is 2. The van der Waals surface area contributed by atoms with E-state index < -0.39 is 28.6 Å². The van der Waals surface area contributed by atoms with Crippen molar-refractivity contribution in [3.05, 3.63) is 69.6 Å². The molecule has 2 atom stereocenters. The number of phenols is 2. The average Bonchev–Trinajstić information content (AvgIpc) is 3.02. The van der Waals surface area contributed by atoms with Gasteiger partial charge in [-0.15, -0.1) is 0 Å². The lowest BCUT2D eigenvalue weighted by Crippen LogP contribution is -2.48. The Labute approximate surface area is 265 Å². The number of benzene rings is 2. The second-order valence-corrected chi connectivity index (χ2v) is 12.5. The first-order chi connectivity index (χ1) is 21.6. The fraction of sp³-hybridized carbons (Fsp3) is 0.394. The normalized spacial score (nSPS) is 20.2. The highest BCUT2D eigenvalue weighted by Crippen LogP contribution is 2.44. The van der Waals surface area contributed by atoms with Crippen LogP contribution in [-0.4, -0.2) is 77.5 Å². The van der Waals surface area contributed by atoms with Gasteiger partial charge in [0.25, 0.3) is 0 Å². The highest BCUT2D eigenvalue weighted by atomic mass is 35.5. The number of ether oxygens (including phenoxy) is 2. The minimum Gasteiger partial charge on any atom is -0.507 e. The van der Waals surface area contributed by atoms with Crippen LogP contribution >= 0.6 is 11.6 Å². The van der Waals surface area contributed by atoms with E-state index in [1.54, 1.807) is 36.7 Å². The van der Waals surface area contributed by atoms with Crippen LogP contribution in [0.1, 0.15) is 37.7 Å². The van der Waals surface area contributed by atoms with Gasteiger partial charge in [-0.25, -0.2) is 9.97 Å². The third kappa shape index (κ3) is 5.89. The number of aromatic hydroxyl groups is 2. The van der Waals surface area contributed by atoms with E-state index in [4.69, 9.17) is 25.5 Å². The lowest BCUT2D eigenvalue weighted by atomic mass is 9.79. The molecular formula is C33H35ClN4O7. The van der Waals surface area contributed by atoms with Crippen molar-refractivity contribution in [2.45, 2.75) is 38.2 Å². The molecule has 45 heavy (non-hydrogen) atoms. The minimum atomic E-state index is -0.729. The molecule has 0 radical (unpaired) electrons. The number of nitrogens with zero attached hydrogens (tertiary/aromatic N) is 4. The topological polar surface area (TPSA) is 138 Å². The van der Waals surface area contributed by atoms with Gasteiger partial charge in [-0.1, -0.05) is 23.7 Å². The minimum absolute atomic E-state index is 0.0479. The monoisotopic (exact) mass is 634 g/mol. The number of likely N-dealkylation sites (tertiary alicyclic amines) is 1. The van der Waals surface area contributed by atoms with Gasteiger partial charge in [0.05, 0.1) is 35.6 Å². The van der Waals surface area contributed by atoms with Gasteiger partial charge in [0, 0.05) is 48.8 Å². The Bertz CT molecular complexity index is 1790. The van der Waals surface area contributed by atoms with Crippen LogP contribution < -0.4 is 15.1 Å². The molecule has 236 valence electrons. The van der Waals surface area contributed by atoms with Crippen LogP contribution in [0.4, 0.5) is 5.69 Å². The number of halogens is 1. The lowest BCUT2D eigenvalue weighted by molar-refractivity contribution is -0.165. The summed E-state index contributed by atoms with van der Waals surface area (Å²) in [6, 6.07) is 9.68. The van der Waals surface area contributed by atoms with Crippen LogP contribution in [0.15, 0.2) is 58.0 Å². The number of esters is 1. The van der Waals surface area contributed by atoms with Crippen LogP contribution in [0.25, 0.3) is 22.3 Å². The van der Waals surface area contributed by atoms with Crippen molar-refractivity contribution in [2.75, 3.05) is 45.2 Å². The quantitative estimate of drug-likeness (QED) is 0.278. The first-order valence-electron chi connectivity index (χ1n) is 14.9. The van der Waals surface area contributed by atoms with Crippen molar-refractivity contribution < 1.29 is 28.9 Å². The summed E-state index contributed by atoms with van der Waals surface area (Å²) >= 11 is 6.41. The number of piperidine rings is 2. The number of hydrogen-bond acceptors (Lipinski definition) is 11. The third-order valence-electron chi connectivity index (χ3n) is 9.05. The molecule has 4 heterocycles. The van der Waals surface area contributed by atoms with Gasteiger partial charge in [-0.2, -0.15) is 0 Å². The highest BCUT2D eigenvalue weighted by Gasteiger charge is 2.43. The van der Waals surface area contributed by atoms with E-state index in [0.29, 0.717) is 67.6 Å². The number of methoxy groups -OCH3 is 1. The largest absolute Gasteiger partial charge is 0.507 e. The van der Waals surface area contributed by atoms with E-state index in [1.807, 2.05) is 14.0 Å². The van der Waals surface area contributed by atoms with Crippen LogP contribution in [0.2, 0.25) is 5.02 Å². The summed E-state index contributed by atoms with van der Waals surface area (Å²) in [6.07, 6.45) is 4.42. The maximum Gasteiger partial charge on any atom is 0.316 e. The first kappa shape index (κ1) is 30.7. The molecule has 6 rings (SSSR count). The van der Waals surface area contributed by atoms with Crippen LogP contribution in [0, 0.1) is 5.41 Å². The van der Waals surface area contributed by atoms with Crippen molar-refractivity contribution in [1.82, 2.24) is 14.9 Å². The predicted octanol–water partition coefficient (Wildman–Crippen LogP) is 4.96. The molecule has 2 aromatic carbocycles. The SMILES string of the molecule is COc1ncc(N2CCC(C)(C(=O)O[C@@H]3CN(C)CC[C@@H]3c3c(O)cc(O)c4c(=O)cc(-c5ccccc5Cl)oc34)CC2)cn1. The zero-order valence-corrected chi connectivity index (χ0v) is 26.1. The Morgan fingerprint density at radius 2 is 1.80 bits per heavy atom.